The fourth-order valence-electron chi connectivity index (χ4n) is 3.59. The van der Waals surface area contributed by atoms with Crippen LogP contribution < -0.4 is 10.6 Å². The van der Waals surface area contributed by atoms with Gasteiger partial charge in [0.25, 0.3) is 0 Å². The lowest BCUT2D eigenvalue weighted by molar-refractivity contribution is -0.193. The number of carbonyl (C=O) groups excluding carboxylic acids is 2. The highest BCUT2D eigenvalue weighted by molar-refractivity contribution is 6.30. The van der Waals surface area contributed by atoms with Crippen LogP contribution in [0.25, 0.3) is 0 Å². The largest absolute Gasteiger partial charge is 0.353 e. The molecule has 3 rings (SSSR count). The van der Waals surface area contributed by atoms with Gasteiger partial charge < -0.3 is 20.3 Å². The van der Waals surface area contributed by atoms with E-state index < -0.39 is 36.6 Å². The van der Waals surface area contributed by atoms with Gasteiger partial charge in [-0.1, -0.05) is 17.7 Å². The zero-order valence-electron chi connectivity index (χ0n) is 15.1. The average Bonchev–Trinajstić information content (AvgIpc) is 2.60. The molecule has 28 heavy (non-hydrogen) atoms. The Morgan fingerprint density at radius 1 is 1.39 bits per heavy atom. The van der Waals surface area contributed by atoms with E-state index in [1.165, 1.54) is 23.1 Å². The number of hydrogen-bond acceptors (Lipinski definition) is 3. The molecule has 0 radical (unpaired) electrons. The van der Waals surface area contributed by atoms with Crippen molar-refractivity contribution in [2.24, 2.45) is 5.92 Å². The summed E-state index contributed by atoms with van der Waals surface area (Å²) in [6.07, 6.45) is 0.0423. The molecule has 1 aromatic rings. The van der Waals surface area contributed by atoms with Gasteiger partial charge in [-0.25, -0.2) is 9.18 Å². The van der Waals surface area contributed by atoms with Crippen LogP contribution in [0, 0.1) is 11.7 Å². The molecule has 1 heterocycles. The summed E-state index contributed by atoms with van der Waals surface area (Å²) in [6, 6.07) is 2.45. The van der Waals surface area contributed by atoms with E-state index in [1.54, 1.807) is 6.92 Å². The van der Waals surface area contributed by atoms with Crippen molar-refractivity contribution >= 4 is 23.5 Å². The number of ether oxygens (including phenoxy) is 1. The SMILES string of the molecule is C[C@@H]1C(=O)NCCN1C(=O)N[C@@H](c1ccc(F)c(Cl)c1)[C@H]1C[C@H](OC(F)F)C1. The predicted octanol–water partition coefficient (Wildman–Crippen LogP) is 3.07. The highest BCUT2D eigenvalue weighted by Gasteiger charge is 2.40. The number of alkyl halides is 2. The number of nitrogens with one attached hydrogen (secondary N) is 2. The van der Waals surface area contributed by atoms with E-state index in [4.69, 9.17) is 11.6 Å². The molecule has 3 amide bonds. The van der Waals surface area contributed by atoms with Crippen molar-refractivity contribution < 1.29 is 27.5 Å². The Labute approximate surface area is 165 Å². The van der Waals surface area contributed by atoms with Gasteiger partial charge in [-0.05, 0) is 43.4 Å². The van der Waals surface area contributed by atoms with E-state index >= 15 is 0 Å². The maximum atomic E-state index is 13.5. The second-order valence-corrected chi connectivity index (χ2v) is 7.42. The maximum Gasteiger partial charge on any atom is 0.345 e. The Kier molecular flexibility index (Phi) is 6.34. The molecule has 1 saturated heterocycles. The number of benzene rings is 1. The first-order valence-corrected chi connectivity index (χ1v) is 9.37. The summed E-state index contributed by atoms with van der Waals surface area (Å²) in [6.45, 7) is -0.547. The van der Waals surface area contributed by atoms with Gasteiger partial charge in [0.1, 0.15) is 11.9 Å². The van der Waals surface area contributed by atoms with E-state index in [0.717, 1.165) is 0 Å². The molecule has 1 aliphatic heterocycles. The van der Waals surface area contributed by atoms with E-state index in [9.17, 15) is 22.8 Å². The summed E-state index contributed by atoms with van der Waals surface area (Å²) < 4.78 is 42.8. The van der Waals surface area contributed by atoms with E-state index in [0.29, 0.717) is 31.5 Å². The Bertz CT molecular complexity index is 746. The fraction of sp³-hybridized carbons (Fsp3) is 0.556. The lowest BCUT2D eigenvalue weighted by Gasteiger charge is -2.42. The van der Waals surface area contributed by atoms with Crippen LogP contribution in [-0.4, -0.2) is 48.7 Å². The molecule has 154 valence electrons. The number of piperazine rings is 1. The number of urea groups is 1. The van der Waals surface area contributed by atoms with Crippen LogP contribution in [-0.2, 0) is 9.53 Å². The molecule has 0 unspecified atom stereocenters. The van der Waals surface area contributed by atoms with Crippen LogP contribution in [0.2, 0.25) is 5.02 Å². The first-order valence-electron chi connectivity index (χ1n) is 8.99. The average molecular weight is 420 g/mol. The summed E-state index contributed by atoms with van der Waals surface area (Å²) >= 11 is 5.87. The van der Waals surface area contributed by atoms with Crippen LogP contribution in [0.3, 0.4) is 0 Å². The van der Waals surface area contributed by atoms with Gasteiger partial charge in [-0.15, -0.1) is 0 Å². The lowest BCUT2D eigenvalue weighted by atomic mass is 9.75. The molecule has 0 spiro atoms. The van der Waals surface area contributed by atoms with Crippen LogP contribution >= 0.6 is 11.6 Å². The number of nitrogens with zero attached hydrogens (tertiary/aromatic N) is 1. The summed E-state index contributed by atoms with van der Waals surface area (Å²) in [5, 5.41) is 5.44. The smallest absolute Gasteiger partial charge is 0.345 e. The first-order chi connectivity index (χ1) is 13.3. The molecule has 2 N–H and O–H groups in total. The van der Waals surface area contributed by atoms with Gasteiger partial charge in [0.05, 0.1) is 17.2 Å². The van der Waals surface area contributed by atoms with Crippen LogP contribution in [0.15, 0.2) is 18.2 Å². The summed E-state index contributed by atoms with van der Waals surface area (Å²) in [7, 11) is 0. The number of amides is 3. The van der Waals surface area contributed by atoms with Gasteiger partial charge >= 0.3 is 12.6 Å². The molecule has 2 fully saturated rings. The van der Waals surface area contributed by atoms with Crippen molar-refractivity contribution in [3.63, 3.8) is 0 Å². The summed E-state index contributed by atoms with van der Waals surface area (Å²) in [5.74, 6) is -1.02. The van der Waals surface area contributed by atoms with Crippen molar-refractivity contribution in [1.29, 1.82) is 0 Å². The summed E-state index contributed by atoms with van der Waals surface area (Å²) in [4.78, 5) is 26.0. The maximum absolute atomic E-state index is 13.5. The fourth-order valence-corrected chi connectivity index (χ4v) is 3.78. The Morgan fingerprint density at radius 3 is 2.75 bits per heavy atom. The van der Waals surface area contributed by atoms with Crippen molar-refractivity contribution in [2.75, 3.05) is 13.1 Å². The number of rotatable bonds is 5. The zero-order chi connectivity index (χ0) is 20.4. The molecular weight excluding hydrogens is 399 g/mol. The third-order valence-electron chi connectivity index (χ3n) is 5.24. The molecule has 6 nitrogen and oxygen atoms in total. The zero-order valence-corrected chi connectivity index (χ0v) is 15.9. The van der Waals surface area contributed by atoms with Gasteiger partial charge in [-0.2, -0.15) is 8.78 Å². The Balaban J connectivity index is 1.75. The standard InChI is InChI=1S/C18H21ClF3N3O3/c1-9-16(26)23-4-5-25(9)18(27)24-15(10-2-3-14(20)13(19)8-10)11-6-12(7-11)28-17(21)22/h2-3,8-9,11-12,15,17H,4-7H2,1H3,(H,23,26)(H,24,27)/t9-,11-,12-,15+/m1/s1. The number of halogens is 4. The Hall–Kier alpha value is -2.00. The Morgan fingerprint density at radius 2 is 2.11 bits per heavy atom. The monoisotopic (exact) mass is 419 g/mol. The van der Waals surface area contributed by atoms with Crippen molar-refractivity contribution in [3.05, 3.63) is 34.6 Å². The first kappa shape index (κ1) is 20.7. The molecule has 0 bridgehead atoms. The predicted molar refractivity (Wildman–Crippen MR) is 95.5 cm³/mol. The molecule has 10 heteroatoms. The molecule has 2 aliphatic rings. The topological polar surface area (TPSA) is 70.7 Å². The molecule has 0 aromatic heterocycles. The quantitative estimate of drug-likeness (QED) is 0.770. The number of carbonyl (C=O) groups is 2. The van der Waals surface area contributed by atoms with E-state index in [-0.39, 0.29) is 16.8 Å². The van der Waals surface area contributed by atoms with Gasteiger partial charge in [0.2, 0.25) is 5.91 Å². The minimum atomic E-state index is -2.85. The van der Waals surface area contributed by atoms with Crippen LogP contribution in [0.5, 0.6) is 0 Å². The third kappa shape index (κ3) is 4.52. The van der Waals surface area contributed by atoms with Crippen molar-refractivity contribution in [2.45, 2.75) is 44.6 Å². The van der Waals surface area contributed by atoms with Crippen molar-refractivity contribution in [3.8, 4) is 0 Å². The molecule has 1 aromatic carbocycles. The minimum absolute atomic E-state index is 0.0952. The second kappa shape index (κ2) is 8.57. The highest BCUT2D eigenvalue weighted by Crippen LogP contribution is 2.41. The normalized spacial score (nSPS) is 25.9. The molecule has 1 saturated carbocycles. The van der Waals surface area contributed by atoms with Crippen LogP contribution in [0.4, 0.5) is 18.0 Å². The third-order valence-corrected chi connectivity index (χ3v) is 5.53. The van der Waals surface area contributed by atoms with Crippen LogP contribution in [0.1, 0.15) is 31.4 Å². The summed E-state index contributed by atoms with van der Waals surface area (Å²) in [5.41, 5.74) is 0.564. The van der Waals surface area contributed by atoms with E-state index in [2.05, 4.69) is 15.4 Å². The minimum Gasteiger partial charge on any atom is -0.353 e. The highest BCUT2D eigenvalue weighted by atomic mass is 35.5. The number of hydrogen-bond donors (Lipinski definition) is 2. The second-order valence-electron chi connectivity index (χ2n) is 7.01. The van der Waals surface area contributed by atoms with E-state index in [1.807, 2.05) is 0 Å². The van der Waals surface area contributed by atoms with Crippen molar-refractivity contribution in [1.82, 2.24) is 15.5 Å². The molecule has 1 aliphatic carbocycles. The molecular formula is C18H21ClF3N3O3. The van der Waals surface area contributed by atoms with Gasteiger partial charge in [0.15, 0.2) is 0 Å². The van der Waals surface area contributed by atoms with Gasteiger partial charge in [-0.3, -0.25) is 4.79 Å². The lowest BCUT2D eigenvalue weighted by Crippen LogP contribution is -2.59. The van der Waals surface area contributed by atoms with Gasteiger partial charge in [0, 0.05) is 13.1 Å². The molecule has 2 atom stereocenters.